The Morgan fingerprint density at radius 2 is 2.30 bits per heavy atom. The molecule has 2 heterocycles. The van der Waals surface area contributed by atoms with Crippen LogP contribution < -0.4 is 16.0 Å². The van der Waals surface area contributed by atoms with Crippen LogP contribution in [0.5, 0.6) is 0 Å². The molecular formula is C14H21N3O2S. The van der Waals surface area contributed by atoms with Crippen molar-refractivity contribution < 1.29 is 9.59 Å². The lowest BCUT2D eigenvalue weighted by atomic mass is 10.0. The van der Waals surface area contributed by atoms with E-state index in [1.54, 1.807) is 0 Å². The van der Waals surface area contributed by atoms with Crippen LogP contribution in [0.15, 0.2) is 0 Å². The van der Waals surface area contributed by atoms with Crippen LogP contribution in [-0.4, -0.2) is 41.6 Å². The number of hydrogen-bond donors (Lipinski definition) is 3. The van der Waals surface area contributed by atoms with Crippen LogP contribution in [0.3, 0.4) is 0 Å². The van der Waals surface area contributed by atoms with Gasteiger partial charge in [-0.2, -0.15) is 11.8 Å². The molecule has 0 aromatic heterocycles. The number of thioether (sulfide) groups is 1. The molecular weight excluding hydrogens is 274 g/mol. The van der Waals surface area contributed by atoms with E-state index in [9.17, 15) is 9.59 Å². The minimum absolute atomic E-state index is 0.0433. The normalized spacial score (nSPS) is 27.4. The SMILES string of the molecule is C#CCCNC(=O)CCCCC1SCC2NC(=O)NC21. The standard InChI is InChI=1S/C14H21N3O2S/c1-2-3-8-15-12(18)7-5-4-6-11-13-10(9-20-11)16-14(19)17-13/h1,10-11,13H,3-9H2,(H,15,18)(H2,16,17,19). The first-order valence-corrected chi connectivity index (χ1v) is 8.14. The molecule has 2 saturated heterocycles. The van der Waals surface area contributed by atoms with Crippen molar-refractivity contribution in [2.45, 2.75) is 49.4 Å². The van der Waals surface area contributed by atoms with Gasteiger partial charge < -0.3 is 16.0 Å². The molecule has 0 spiro atoms. The number of hydrogen-bond acceptors (Lipinski definition) is 3. The highest BCUT2D eigenvalue weighted by atomic mass is 32.2. The second-order valence-corrected chi connectivity index (χ2v) is 6.44. The van der Waals surface area contributed by atoms with Gasteiger partial charge in [-0.25, -0.2) is 4.79 Å². The predicted molar refractivity (Wildman–Crippen MR) is 80.4 cm³/mol. The maximum absolute atomic E-state index is 11.5. The number of carbonyl (C=O) groups is 2. The molecule has 0 bridgehead atoms. The predicted octanol–water partition coefficient (Wildman–Crippen LogP) is 0.852. The van der Waals surface area contributed by atoms with Crippen LogP contribution in [0, 0.1) is 12.3 Å². The van der Waals surface area contributed by atoms with Crippen LogP contribution in [0.1, 0.15) is 32.1 Å². The van der Waals surface area contributed by atoms with Crippen molar-refractivity contribution in [2.75, 3.05) is 12.3 Å². The maximum Gasteiger partial charge on any atom is 0.315 e. The fraction of sp³-hybridized carbons (Fsp3) is 0.714. The van der Waals surface area contributed by atoms with Crippen molar-refractivity contribution >= 4 is 23.7 Å². The number of amides is 3. The maximum atomic E-state index is 11.5. The fourth-order valence-corrected chi connectivity index (χ4v) is 4.18. The van der Waals surface area contributed by atoms with Gasteiger partial charge in [0.1, 0.15) is 0 Å². The van der Waals surface area contributed by atoms with Crippen molar-refractivity contribution in [3.63, 3.8) is 0 Å². The van der Waals surface area contributed by atoms with Crippen LogP contribution in [0.25, 0.3) is 0 Å². The summed E-state index contributed by atoms with van der Waals surface area (Å²) in [5, 5.41) is 9.19. The molecule has 3 atom stereocenters. The van der Waals surface area contributed by atoms with Crippen molar-refractivity contribution in [3.05, 3.63) is 0 Å². The van der Waals surface area contributed by atoms with Crippen LogP contribution >= 0.6 is 11.8 Å². The molecule has 2 aliphatic heterocycles. The van der Waals surface area contributed by atoms with E-state index in [-0.39, 0.29) is 24.0 Å². The lowest BCUT2D eigenvalue weighted by Gasteiger charge is -2.16. The van der Waals surface area contributed by atoms with Gasteiger partial charge in [-0.1, -0.05) is 6.42 Å². The zero-order valence-corrected chi connectivity index (χ0v) is 12.3. The summed E-state index contributed by atoms with van der Waals surface area (Å²) in [6, 6.07) is 0.500. The van der Waals surface area contributed by atoms with Gasteiger partial charge in [0.05, 0.1) is 12.1 Å². The highest BCUT2D eigenvalue weighted by Crippen LogP contribution is 2.33. The molecule has 110 valence electrons. The Morgan fingerprint density at radius 1 is 1.45 bits per heavy atom. The van der Waals surface area contributed by atoms with Gasteiger partial charge in [-0.15, -0.1) is 12.3 Å². The first kappa shape index (κ1) is 15.0. The van der Waals surface area contributed by atoms with Crippen molar-refractivity contribution in [1.29, 1.82) is 0 Å². The summed E-state index contributed by atoms with van der Waals surface area (Å²) < 4.78 is 0. The molecule has 2 fully saturated rings. The summed E-state index contributed by atoms with van der Waals surface area (Å²) in [6.45, 7) is 0.565. The fourth-order valence-electron chi connectivity index (χ4n) is 2.64. The Hall–Kier alpha value is -1.35. The summed E-state index contributed by atoms with van der Waals surface area (Å²) in [4.78, 5) is 22.7. The third-order valence-corrected chi connectivity index (χ3v) is 5.18. The lowest BCUT2D eigenvalue weighted by Crippen LogP contribution is -2.36. The molecule has 5 nitrogen and oxygen atoms in total. The van der Waals surface area contributed by atoms with Gasteiger partial charge in [-0.3, -0.25) is 4.79 Å². The van der Waals surface area contributed by atoms with E-state index in [2.05, 4.69) is 21.9 Å². The van der Waals surface area contributed by atoms with E-state index in [0.717, 1.165) is 25.0 Å². The van der Waals surface area contributed by atoms with Crippen LogP contribution in [0.4, 0.5) is 4.79 Å². The first-order valence-electron chi connectivity index (χ1n) is 7.09. The van der Waals surface area contributed by atoms with Gasteiger partial charge in [0.15, 0.2) is 0 Å². The lowest BCUT2D eigenvalue weighted by molar-refractivity contribution is -0.121. The Morgan fingerprint density at radius 3 is 3.10 bits per heavy atom. The number of urea groups is 1. The molecule has 0 aromatic carbocycles. The summed E-state index contributed by atoms with van der Waals surface area (Å²) >= 11 is 1.91. The second-order valence-electron chi connectivity index (χ2n) is 5.17. The monoisotopic (exact) mass is 295 g/mol. The molecule has 3 N–H and O–H groups in total. The third-order valence-electron chi connectivity index (χ3n) is 3.67. The van der Waals surface area contributed by atoms with Gasteiger partial charge in [0.25, 0.3) is 0 Å². The highest BCUT2D eigenvalue weighted by Gasteiger charge is 2.42. The Labute approximate surface area is 124 Å². The molecule has 0 radical (unpaired) electrons. The van der Waals surface area contributed by atoms with E-state index in [4.69, 9.17) is 6.42 Å². The molecule has 6 heteroatoms. The van der Waals surface area contributed by atoms with Crippen LogP contribution in [-0.2, 0) is 4.79 Å². The number of rotatable bonds is 7. The Balaban J connectivity index is 1.56. The molecule has 0 saturated carbocycles. The molecule has 2 aliphatic rings. The average molecular weight is 295 g/mol. The van der Waals surface area contributed by atoms with E-state index in [1.807, 2.05) is 11.8 Å². The van der Waals surface area contributed by atoms with Crippen molar-refractivity contribution in [1.82, 2.24) is 16.0 Å². The van der Waals surface area contributed by atoms with Gasteiger partial charge >= 0.3 is 6.03 Å². The van der Waals surface area contributed by atoms with E-state index in [1.165, 1.54) is 0 Å². The summed E-state index contributed by atoms with van der Waals surface area (Å²) in [5.74, 6) is 3.56. The second kappa shape index (κ2) is 7.44. The van der Waals surface area contributed by atoms with Gasteiger partial charge in [-0.05, 0) is 12.8 Å². The molecule has 3 amide bonds. The Kier molecular flexibility index (Phi) is 5.60. The first-order chi connectivity index (χ1) is 9.70. The topological polar surface area (TPSA) is 70.2 Å². The largest absolute Gasteiger partial charge is 0.355 e. The molecule has 0 aliphatic carbocycles. The van der Waals surface area contributed by atoms with Crippen molar-refractivity contribution in [2.24, 2.45) is 0 Å². The summed E-state index contributed by atoms with van der Waals surface area (Å²) in [6.07, 6.45) is 9.21. The molecule has 3 unspecified atom stereocenters. The highest BCUT2D eigenvalue weighted by molar-refractivity contribution is 8.00. The van der Waals surface area contributed by atoms with E-state index >= 15 is 0 Å². The molecule has 2 rings (SSSR count). The Bertz CT molecular complexity index is 408. The van der Waals surface area contributed by atoms with Crippen molar-refractivity contribution in [3.8, 4) is 12.3 Å². The zero-order valence-electron chi connectivity index (χ0n) is 11.5. The molecule has 20 heavy (non-hydrogen) atoms. The number of carbonyl (C=O) groups excluding carboxylic acids is 2. The number of unbranched alkanes of at least 4 members (excludes halogenated alkanes) is 1. The van der Waals surface area contributed by atoms with E-state index in [0.29, 0.717) is 24.6 Å². The van der Waals surface area contributed by atoms with Gasteiger partial charge in [0.2, 0.25) is 5.91 Å². The average Bonchev–Trinajstić information content (AvgIpc) is 2.95. The quantitative estimate of drug-likeness (QED) is 0.370. The minimum atomic E-state index is -0.0433. The number of terminal acetylenes is 1. The summed E-state index contributed by atoms with van der Waals surface area (Å²) in [7, 11) is 0. The third kappa shape index (κ3) is 4.07. The number of fused-ring (bicyclic) bond motifs is 1. The van der Waals surface area contributed by atoms with Crippen LogP contribution in [0.2, 0.25) is 0 Å². The summed E-state index contributed by atoms with van der Waals surface area (Å²) in [5.41, 5.74) is 0. The smallest absolute Gasteiger partial charge is 0.315 e. The zero-order chi connectivity index (χ0) is 14.4. The molecule has 0 aromatic rings. The number of nitrogens with one attached hydrogen (secondary N) is 3. The van der Waals surface area contributed by atoms with Gasteiger partial charge in [0, 0.05) is 30.4 Å². The minimum Gasteiger partial charge on any atom is -0.355 e. The van der Waals surface area contributed by atoms with E-state index < -0.39 is 0 Å².